The highest BCUT2D eigenvalue weighted by Crippen LogP contribution is 2.31. The topological polar surface area (TPSA) is 55.1 Å². The number of nitrogens with zero attached hydrogens (tertiary/aromatic N) is 2. The predicted molar refractivity (Wildman–Crippen MR) is 97.0 cm³/mol. The summed E-state index contributed by atoms with van der Waals surface area (Å²) in [5.74, 6) is 0.656. The third kappa shape index (κ3) is 3.75. The second-order valence-electron chi connectivity index (χ2n) is 7.81. The Morgan fingerprint density at radius 2 is 2.12 bits per heavy atom. The summed E-state index contributed by atoms with van der Waals surface area (Å²) in [6, 6.07) is 6.07. The van der Waals surface area contributed by atoms with Crippen LogP contribution in [-0.4, -0.2) is 26.3 Å². The van der Waals surface area contributed by atoms with Gasteiger partial charge >= 0.3 is 0 Å². The monoisotopic (exact) mass is 326 g/mol. The van der Waals surface area contributed by atoms with Crippen molar-refractivity contribution >= 4 is 22.8 Å². The molecule has 0 saturated heterocycles. The SMILES string of the molecule is CC(C)C(=O)c1nn(CC(C)(C)O)c2cc(/C=C/C3CC3)ccc12. The second-order valence-corrected chi connectivity index (χ2v) is 7.81. The lowest BCUT2D eigenvalue weighted by Gasteiger charge is -2.17. The second kappa shape index (κ2) is 6.17. The number of allylic oxidation sites excluding steroid dienone is 1. The Kier molecular flexibility index (Phi) is 4.35. The first kappa shape index (κ1) is 16.9. The van der Waals surface area contributed by atoms with Crippen LogP contribution in [0.5, 0.6) is 0 Å². The van der Waals surface area contributed by atoms with Crippen LogP contribution in [0.15, 0.2) is 24.3 Å². The van der Waals surface area contributed by atoms with Gasteiger partial charge in [0, 0.05) is 11.3 Å². The van der Waals surface area contributed by atoms with Crippen molar-refractivity contribution in [1.29, 1.82) is 0 Å². The van der Waals surface area contributed by atoms with Crippen molar-refractivity contribution in [3.8, 4) is 0 Å². The third-order valence-electron chi connectivity index (χ3n) is 4.25. The molecule has 4 heteroatoms. The van der Waals surface area contributed by atoms with E-state index in [2.05, 4.69) is 23.3 Å². The molecule has 128 valence electrons. The molecule has 2 aromatic rings. The Balaban J connectivity index is 2.07. The molecule has 0 bridgehead atoms. The van der Waals surface area contributed by atoms with Crippen LogP contribution in [0.25, 0.3) is 17.0 Å². The van der Waals surface area contributed by atoms with E-state index < -0.39 is 5.60 Å². The van der Waals surface area contributed by atoms with E-state index >= 15 is 0 Å². The van der Waals surface area contributed by atoms with Crippen molar-refractivity contribution in [2.75, 3.05) is 0 Å². The number of fused-ring (bicyclic) bond motifs is 1. The molecule has 1 fully saturated rings. The summed E-state index contributed by atoms with van der Waals surface area (Å²) in [6.07, 6.45) is 6.95. The summed E-state index contributed by atoms with van der Waals surface area (Å²) < 4.78 is 1.76. The molecule has 0 spiro atoms. The van der Waals surface area contributed by atoms with Gasteiger partial charge in [0.05, 0.1) is 17.7 Å². The number of hydrogen-bond acceptors (Lipinski definition) is 3. The zero-order valence-electron chi connectivity index (χ0n) is 14.9. The van der Waals surface area contributed by atoms with Crippen molar-refractivity contribution in [2.45, 2.75) is 52.7 Å². The molecule has 1 aromatic carbocycles. The summed E-state index contributed by atoms with van der Waals surface area (Å²) >= 11 is 0. The van der Waals surface area contributed by atoms with Crippen LogP contribution < -0.4 is 0 Å². The lowest BCUT2D eigenvalue weighted by Crippen LogP contribution is -2.27. The van der Waals surface area contributed by atoms with Crippen molar-refractivity contribution in [3.63, 3.8) is 0 Å². The minimum atomic E-state index is -0.892. The van der Waals surface area contributed by atoms with Crippen LogP contribution >= 0.6 is 0 Å². The van der Waals surface area contributed by atoms with Crippen LogP contribution in [0.4, 0.5) is 0 Å². The van der Waals surface area contributed by atoms with Gasteiger partial charge in [-0.15, -0.1) is 0 Å². The Labute approximate surface area is 143 Å². The average Bonchev–Trinajstić information content (AvgIpc) is 3.26. The van der Waals surface area contributed by atoms with Gasteiger partial charge < -0.3 is 5.11 Å². The summed E-state index contributed by atoms with van der Waals surface area (Å²) in [5, 5.41) is 15.6. The van der Waals surface area contributed by atoms with Crippen molar-refractivity contribution in [2.24, 2.45) is 11.8 Å². The summed E-state index contributed by atoms with van der Waals surface area (Å²) in [6.45, 7) is 7.62. The maximum absolute atomic E-state index is 12.5. The third-order valence-corrected chi connectivity index (χ3v) is 4.25. The van der Waals surface area contributed by atoms with Gasteiger partial charge in [0.1, 0.15) is 5.69 Å². The quantitative estimate of drug-likeness (QED) is 0.814. The Hall–Kier alpha value is -1.94. The Bertz CT molecular complexity index is 790. The standard InChI is InChI=1S/C20H26N2O2/c1-13(2)19(23)18-16-10-9-15(8-7-14-5-6-14)11-17(16)22(21-18)12-20(3,4)24/h7-11,13-14,24H,5-6,12H2,1-4H3/b8-7+. The highest BCUT2D eigenvalue weighted by Gasteiger charge is 2.23. The number of carbonyl (C=O) groups is 1. The molecule has 4 nitrogen and oxygen atoms in total. The molecule has 0 aliphatic heterocycles. The molecule has 1 aliphatic carbocycles. The van der Waals surface area contributed by atoms with Crippen molar-refractivity contribution < 1.29 is 9.90 Å². The molecule has 1 heterocycles. The summed E-state index contributed by atoms with van der Waals surface area (Å²) in [4.78, 5) is 12.5. The molecular formula is C20H26N2O2. The van der Waals surface area contributed by atoms with Gasteiger partial charge in [-0.05, 0) is 50.3 Å². The zero-order chi connectivity index (χ0) is 17.5. The summed E-state index contributed by atoms with van der Waals surface area (Å²) in [5.41, 5.74) is 1.62. The molecule has 1 aliphatic rings. The zero-order valence-corrected chi connectivity index (χ0v) is 14.9. The first-order valence-electron chi connectivity index (χ1n) is 8.70. The van der Waals surface area contributed by atoms with Gasteiger partial charge in [-0.2, -0.15) is 5.10 Å². The van der Waals surface area contributed by atoms with Crippen LogP contribution in [0.3, 0.4) is 0 Å². The predicted octanol–water partition coefficient (Wildman–Crippen LogP) is 4.07. The van der Waals surface area contributed by atoms with Gasteiger partial charge in [-0.25, -0.2) is 0 Å². The first-order valence-corrected chi connectivity index (χ1v) is 8.70. The molecule has 3 rings (SSSR count). The van der Waals surface area contributed by atoms with Gasteiger partial charge in [0.15, 0.2) is 5.78 Å². The number of carbonyl (C=O) groups excluding carboxylic acids is 1. The maximum Gasteiger partial charge on any atom is 0.186 e. The van der Waals surface area contributed by atoms with Crippen LogP contribution in [0.2, 0.25) is 0 Å². The van der Waals surface area contributed by atoms with Crippen molar-refractivity contribution in [3.05, 3.63) is 35.5 Å². The molecule has 1 saturated carbocycles. The molecule has 0 radical (unpaired) electrons. The summed E-state index contributed by atoms with van der Waals surface area (Å²) in [7, 11) is 0. The van der Waals surface area contributed by atoms with E-state index in [9.17, 15) is 9.90 Å². The Morgan fingerprint density at radius 3 is 2.71 bits per heavy atom. The van der Waals surface area contributed by atoms with E-state index in [1.54, 1.807) is 18.5 Å². The molecular weight excluding hydrogens is 300 g/mol. The smallest absolute Gasteiger partial charge is 0.186 e. The molecule has 1 N–H and O–H groups in total. The van der Waals surface area contributed by atoms with E-state index in [-0.39, 0.29) is 11.7 Å². The number of ketones is 1. The fraction of sp³-hybridized carbons (Fsp3) is 0.500. The average molecular weight is 326 g/mol. The number of aromatic nitrogens is 2. The fourth-order valence-electron chi connectivity index (χ4n) is 2.77. The minimum absolute atomic E-state index is 0.0377. The van der Waals surface area contributed by atoms with E-state index in [4.69, 9.17) is 0 Å². The van der Waals surface area contributed by atoms with E-state index in [1.165, 1.54) is 12.8 Å². The Morgan fingerprint density at radius 1 is 1.42 bits per heavy atom. The largest absolute Gasteiger partial charge is 0.389 e. The van der Waals surface area contributed by atoms with E-state index in [1.807, 2.05) is 26.0 Å². The fourth-order valence-corrected chi connectivity index (χ4v) is 2.77. The minimum Gasteiger partial charge on any atom is -0.389 e. The number of Topliss-reactive ketones (excluding diaryl/α,β-unsaturated/α-hetero) is 1. The van der Waals surface area contributed by atoms with Gasteiger partial charge in [-0.3, -0.25) is 9.48 Å². The number of rotatable bonds is 6. The van der Waals surface area contributed by atoms with Gasteiger partial charge in [0.2, 0.25) is 0 Å². The molecule has 0 amide bonds. The molecule has 0 unspecified atom stereocenters. The maximum atomic E-state index is 12.5. The lowest BCUT2D eigenvalue weighted by atomic mass is 10.0. The van der Waals surface area contributed by atoms with Crippen LogP contribution in [0, 0.1) is 11.8 Å². The normalized spacial score (nSPS) is 15.8. The van der Waals surface area contributed by atoms with E-state index in [0.29, 0.717) is 12.2 Å². The first-order chi connectivity index (χ1) is 11.2. The van der Waals surface area contributed by atoms with Crippen LogP contribution in [0.1, 0.15) is 56.6 Å². The number of hydrogen-bond donors (Lipinski definition) is 1. The van der Waals surface area contributed by atoms with Gasteiger partial charge in [0.25, 0.3) is 0 Å². The van der Waals surface area contributed by atoms with Crippen LogP contribution in [-0.2, 0) is 6.54 Å². The molecule has 0 atom stereocenters. The lowest BCUT2D eigenvalue weighted by molar-refractivity contribution is 0.0587. The highest BCUT2D eigenvalue weighted by molar-refractivity contribution is 6.07. The molecule has 1 aromatic heterocycles. The molecule has 24 heavy (non-hydrogen) atoms. The van der Waals surface area contributed by atoms with Crippen molar-refractivity contribution in [1.82, 2.24) is 9.78 Å². The number of benzene rings is 1. The number of aliphatic hydroxyl groups is 1. The van der Waals surface area contributed by atoms with E-state index in [0.717, 1.165) is 22.4 Å². The highest BCUT2D eigenvalue weighted by atomic mass is 16.3. The van der Waals surface area contributed by atoms with Gasteiger partial charge in [-0.1, -0.05) is 32.1 Å².